The van der Waals surface area contributed by atoms with Crippen LogP contribution in [0.4, 0.5) is 4.79 Å². The van der Waals surface area contributed by atoms with Crippen molar-refractivity contribution >= 4 is 23.9 Å². The molecule has 0 heterocycles. The van der Waals surface area contributed by atoms with Crippen molar-refractivity contribution < 1.29 is 28.7 Å². The molecule has 0 aromatic rings. The number of carbonyl (C=O) groups excluding carboxylic acids is 4. The summed E-state index contributed by atoms with van der Waals surface area (Å²) in [4.78, 5) is 46.9. The molecule has 0 rings (SSSR count). The summed E-state index contributed by atoms with van der Waals surface area (Å²) in [6, 6.07) is -2.55. The van der Waals surface area contributed by atoms with Crippen molar-refractivity contribution in [3.8, 4) is 0 Å². The van der Waals surface area contributed by atoms with Crippen LogP contribution in [-0.4, -0.2) is 56.2 Å². The van der Waals surface area contributed by atoms with Crippen LogP contribution < -0.4 is 16.0 Å². The molecule has 9 nitrogen and oxygen atoms in total. The number of hydrogen-bond acceptors (Lipinski definition) is 6. The van der Waals surface area contributed by atoms with Gasteiger partial charge in [0, 0.05) is 0 Å². The molecule has 0 fully saturated rings. The molecule has 138 valence electrons. The largest absolute Gasteiger partial charge is 0.467 e. The van der Waals surface area contributed by atoms with Gasteiger partial charge in [0.05, 0.1) is 14.2 Å². The van der Waals surface area contributed by atoms with E-state index in [1.54, 1.807) is 0 Å². The van der Waals surface area contributed by atoms with Crippen LogP contribution >= 0.6 is 0 Å². The first-order chi connectivity index (χ1) is 11.1. The SMILES string of the molecule is COC(=O)N[C@H](CC(C)C)C(=O)N[C@@H](C)C(=O)N[C@@H](C)C(=O)OC. The zero-order valence-electron chi connectivity index (χ0n) is 15.0. The molecule has 3 N–H and O–H groups in total. The minimum Gasteiger partial charge on any atom is -0.467 e. The lowest BCUT2D eigenvalue weighted by atomic mass is 10.0. The average Bonchev–Trinajstić information content (AvgIpc) is 2.52. The standard InChI is InChI=1S/C15H27N3O6/c1-8(2)7-11(18-15(22)24-6)13(20)16-9(3)12(19)17-10(4)14(21)23-5/h8-11H,7H2,1-6H3,(H,16,20)(H,17,19)(H,18,22)/t9-,10-,11+/m0/s1. The van der Waals surface area contributed by atoms with Gasteiger partial charge in [-0.3, -0.25) is 9.59 Å². The summed E-state index contributed by atoms with van der Waals surface area (Å²) in [6.45, 7) is 6.74. The Kier molecular flexibility index (Phi) is 9.44. The van der Waals surface area contributed by atoms with Gasteiger partial charge in [0.1, 0.15) is 18.1 Å². The van der Waals surface area contributed by atoms with Crippen LogP contribution in [0.3, 0.4) is 0 Å². The van der Waals surface area contributed by atoms with Crippen molar-refractivity contribution in [3.63, 3.8) is 0 Å². The fourth-order valence-corrected chi connectivity index (χ4v) is 1.86. The van der Waals surface area contributed by atoms with Gasteiger partial charge in [0.25, 0.3) is 0 Å². The summed E-state index contributed by atoms with van der Waals surface area (Å²) in [5, 5.41) is 7.36. The van der Waals surface area contributed by atoms with Crippen LogP contribution in [0, 0.1) is 5.92 Å². The molecule has 3 atom stereocenters. The van der Waals surface area contributed by atoms with Crippen LogP contribution in [0.5, 0.6) is 0 Å². The monoisotopic (exact) mass is 345 g/mol. The van der Waals surface area contributed by atoms with Crippen molar-refractivity contribution in [3.05, 3.63) is 0 Å². The molecule has 0 radical (unpaired) electrons. The van der Waals surface area contributed by atoms with Gasteiger partial charge < -0.3 is 25.4 Å². The topological polar surface area (TPSA) is 123 Å². The number of amides is 3. The number of methoxy groups -OCH3 is 2. The highest BCUT2D eigenvalue weighted by molar-refractivity contribution is 5.92. The number of rotatable bonds is 8. The van der Waals surface area contributed by atoms with E-state index in [-0.39, 0.29) is 5.92 Å². The van der Waals surface area contributed by atoms with Gasteiger partial charge in [-0.1, -0.05) is 13.8 Å². The molecule has 0 aliphatic heterocycles. The Morgan fingerprint density at radius 1 is 0.792 bits per heavy atom. The predicted molar refractivity (Wildman–Crippen MR) is 86.0 cm³/mol. The second-order valence-corrected chi connectivity index (χ2v) is 5.80. The van der Waals surface area contributed by atoms with Gasteiger partial charge in [0.15, 0.2) is 0 Å². The summed E-state index contributed by atoms with van der Waals surface area (Å²) in [5.74, 6) is -1.50. The maximum atomic E-state index is 12.3. The first-order valence-corrected chi connectivity index (χ1v) is 7.65. The van der Waals surface area contributed by atoms with E-state index in [4.69, 9.17) is 0 Å². The van der Waals surface area contributed by atoms with E-state index >= 15 is 0 Å². The Labute approximate surface area is 141 Å². The average molecular weight is 345 g/mol. The lowest BCUT2D eigenvalue weighted by molar-refractivity contribution is -0.144. The lowest BCUT2D eigenvalue weighted by Gasteiger charge is -2.22. The van der Waals surface area contributed by atoms with Crippen molar-refractivity contribution in [2.45, 2.75) is 52.2 Å². The molecule has 0 aromatic carbocycles. The van der Waals surface area contributed by atoms with Gasteiger partial charge in [-0.05, 0) is 26.2 Å². The Bertz CT molecular complexity index is 466. The molecule has 0 saturated heterocycles. The van der Waals surface area contributed by atoms with E-state index in [1.807, 2.05) is 13.8 Å². The normalized spacial score (nSPS) is 14.1. The maximum absolute atomic E-state index is 12.3. The zero-order valence-corrected chi connectivity index (χ0v) is 15.0. The third kappa shape index (κ3) is 7.80. The van der Waals surface area contributed by atoms with Crippen molar-refractivity contribution in [1.82, 2.24) is 16.0 Å². The number of esters is 1. The lowest BCUT2D eigenvalue weighted by Crippen LogP contribution is -2.54. The second-order valence-electron chi connectivity index (χ2n) is 5.80. The number of hydrogen-bond donors (Lipinski definition) is 3. The van der Waals surface area contributed by atoms with Gasteiger partial charge in [-0.15, -0.1) is 0 Å². The number of nitrogens with one attached hydrogen (secondary N) is 3. The molecule has 24 heavy (non-hydrogen) atoms. The van der Waals surface area contributed by atoms with Crippen molar-refractivity contribution in [1.29, 1.82) is 0 Å². The third-order valence-electron chi connectivity index (χ3n) is 3.17. The van der Waals surface area contributed by atoms with Crippen LogP contribution in [0.25, 0.3) is 0 Å². The summed E-state index contributed by atoms with van der Waals surface area (Å²) in [7, 11) is 2.41. The van der Waals surface area contributed by atoms with E-state index in [0.717, 1.165) is 0 Å². The van der Waals surface area contributed by atoms with Crippen molar-refractivity contribution in [2.75, 3.05) is 14.2 Å². The maximum Gasteiger partial charge on any atom is 0.407 e. The molecule has 0 aromatic heterocycles. The first-order valence-electron chi connectivity index (χ1n) is 7.65. The molecule has 9 heteroatoms. The second kappa shape index (κ2) is 10.5. The fraction of sp³-hybridized carbons (Fsp3) is 0.733. The molecule has 0 bridgehead atoms. The molecule has 0 unspecified atom stereocenters. The first kappa shape index (κ1) is 21.7. The predicted octanol–water partition coefficient (Wildman–Crippen LogP) is -0.0605. The fourth-order valence-electron chi connectivity index (χ4n) is 1.86. The summed E-state index contributed by atoms with van der Waals surface area (Å²) in [6.07, 6.45) is -0.347. The van der Waals surface area contributed by atoms with Gasteiger partial charge in [-0.25, -0.2) is 9.59 Å². The Hall–Kier alpha value is -2.32. The molecule has 0 aliphatic carbocycles. The van der Waals surface area contributed by atoms with E-state index < -0.39 is 42.0 Å². The van der Waals surface area contributed by atoms with Crippen LogP contribution in [0.15, 0.2) is 0 Å². The molecular formula is C15H27N3O6. The highest BCUT2D eigenvalue weighted by Crippen LogP contribution is 2.06. The van der Waals surface area contributed by atoms with Gasteiger partial charge in [-0.2, -0.15) is 0 Å². The smallest absolute Gasteiger partial charge is 0.407 e. The molecular weight excluding hydrogens is 318 g/mol. The Morgan fingerprint density at radius 3 is 1.79 bits per heavy atom. The molecule has 0 spiro atoms. The van der Waals surface area contributed by atoms with Crippen molar-refractivity contribution in [2.24, 2.45) is 5.92 Å². The Balaban J connectivity index is 4.74. The third-order valence-corrected chi connectivity index (χ3v) is 3.17. The summed E-state index contributed by atoms with van der Waals surface area (Å²) < 4.78 is 9.00. The molecule has 0 saturated carbocycles. The van der Waals surface area contributed by atoms with Gasteiger partial charge in [0.2, 0.25) is 11.8 Å². The van der Waals surface area contributed by atoms with E-state index in [1.165, 1.54) is 28.1 Å². The minimum absolute atomic E-state index is 0.140. The highest BCUT2D eigenvalue weighted by atomic mass is 16.5. The van der Waals surface area contributed by atoms with Crippen LogP contribution in [-0.2, 0) is 23.9 Å². The summed E-state index contributed by atoms with van der Waals surface area (Å²) in [5.41, 5.74) is 0. The number of ether oxygens (including phenoxy) is 2. The Morgan fingerprint density at radius 2 is 1.33 bits per heavy atom. The summed E-state index contributed by atoms with van der Waals surface area (Å²) >= 11 is 0. The van der Waals surface area contributed by atoms with E-state index in [0.29, 0.717) is 6.42 Å². The van der Waals surface area contributed by atoms with E-state index in [2.05, 4.69) is 25.4 Å². The van der Waals surface area contributed by atoms with Gasteiger partial charge >= 0.3 is 12.1 Å². The number of carbonyl (C=O) groups is 4. The molecule has 0 aliphatic rings. The molecule has 3 amide bonds. The number of alkyl carbamates (subject to hydrolysis) is 1. The zero-order chi connectivity index (χ0) is 18.9. The van der Waals surface area contributed by atoms with Crippen LogP contribution in [0.1, 0.15) is 34.1 Å². The highest BCUT2D eigenvalue weighted by Gasteiger charge is 2.26. The quantitative estimate of drug-likeness (QED) is 0.530. The van der Waals surface area contributed by atoms with E-state index in [9.17, 15) is 19.2 Å². The minimum atomic E-state index is -0.890. The van der Waals surface area contributed by atoms with Crippen LogP contribution in [0.2, 0.25) is 0 Å².